The van der Waals surface area contributed by atoms with Crippen LogP contribution in [-0.4, -0.2) is 41.2 Å². The van der Waals surface area contributed by atoms with Crippen LogP contribution in [0.5, 0.6) is 5.75 Å². The molecule has 1 aromatic carbocycles. The molecular formula is C24H27N3O3S. The van der Waals surface area contributed by atoms with E-state index >= 15 is 0 Å². The quantitative estimate of drug-likeness (QED) is 0.479. The monoisotopic (exact) mass is 437 g/mol. The zero-order valence-electron chi connectivity index (χ0n) is 17.9. The summed E-state index contributed by atoms with van der Waals surface area (Å²) in [6.07, 6.45) is 4.78. The predicted molar refractivity (Wildman–Crippen MR) is 123 cm³/mol. The zero-order chi connectivity index (χ0) is 21.8. The Kier molecular flexibility index (Phi) is 6.51. The minimum atomic E-state index is -0.733. The molecule has 0 saturated heterocycles. The second-order valence-electron chi connectivity index (χ2n) is 8.03. The first-order valence-electron chi connectivity index (χ1n) is 10.6. The number of carbonyl (C=O) groups is 1. The Morgan fingerprint density at radius 1 is 1.35 bits per heavy atom. The van der Waals surface area contributed by atoms with Crippen molar-refractivity contribution in [2.24, 2.45) is 0 Å². The molecule has 7 heteroatoms. The molecule has 1 aliphatic carbocycles. The number of carboxylic acid groups (broad SMARTS) is 1. The molecule has 2 aromatic heterocycles. The fourth-order valence-electron chi connectivity index (χ4n) is 4.14. The molecule has 162 valence electrons. The Balaban J connectivity index is 1.30. The number of nitrogens with zero attached hydrogens (tertiary/aromatic N) is 3. The van der Waals surface area contributed by atoms with Crippen molar-refractivity contribution in [3.05, 3.63) is 57.9 Å². The van der Waals surface area contributed by atoms with Crippen molar-refractivity contribution in [3.63, 3.8) is 0 Å². The summed E-state index contributed by atoms with van der Waals surface area (Å²) in [7, 11) is 2.05. The van der Waals surface area contributed by atoms with Crippen molar-refractivity contribution >= 4 is 23.1 Å². The third kappa shape index (κ3) is 5.05. The van der Waals surface area contributed by atoms with E-state index in [0.717, 1.165) is 59.9 Å². The van der Waals surface area contributed by atoms with E-state index in [-0.39, 0.29) is 12.3 Å². The molecule has 6 nitrogen and oxygen atoms in total. The first-order valence-corrected chi connectivity index (χ1v) is 11.5. The molecule has 0 unspecified atom stereocenters. The summed E-state index contributed by atoms with van der Waals surface area (Å²) in [6.45, 7) is 3.47. The fraction of sp³-hybridized carbons (Fsp3) is 0.375. The van der Waals surface area contributed by atoms with E-state index in [4.69, 9.17) is 14.8 Å². The van der Waals surface area contributed by atoms with Gasteiger partial charge in [0.05, 0.1) is 13.0 Å². The lowest BCUT2D eigenvalue weighted by Gasteiger charge is -2.20. The molecule has 1 atom stereocenters. The number of ether oxygens (including phenoxy) is 1. The lowest BCUT2D eigenvalue weighted by Crippen LogP contribution is -2.22. The SMILES string of the molecule is Cc1cnc(-c2ccsc2)nc1N(C)CCCOc1ccc2c(c1)CC[C@H]2CC(=O)O. The number of hydrogen-bond acceptors (Lipinski definition) is 6. The average molecular weight is 438 g/mol. The van der Waals surface area contributed by atoms with Gasteiger partial charge in [-0.2, -0.15) is 11.3 Å². The van der Waals surface area contributed by atoms with Gasteiger partial charge in [0, 0.05) is 36.3 Å². The minimum absolute atomic E-state index is 0.130. The number of hydrogen-bond donors (Lipinski definition) is 1. The largest absolute Gasteiger partial charge is 0.494 e. The van der Waals surface area contributed by atoms with Crippen molar-refractivity contribution in [3.8, 4) is 17.1 Å². The Hall–Kier alpha value is -2.93. The number of aromatic nitrogens is 2. The number of aryl methyl sites for hydroxylation is 2. The fourth-order valence-corrected chi connectivity index (χ4v) is 4.78. The van der Waals surface area contributed by atoms with E-state index in [1.165, 1.54) is 5.56 Å². The van der Waals surface area contributed by atoms with Gasteiger partial charge in [-0.1, -0.05) is 6.07 Å². The first kappa shape index (κ1) is 21.3. The van der Waals surface area contributed by atoms with Gasteiger partial charge in [-0.15, -0.1) is 0 Å². The van der Waals surface area contributed by atoms with Crippen LogP contribution in [0.2, 0.25) is 0 Å². The molecule has 0 radical (unpaired) electrons. The van der Waals surface area contributed by atoms with Crippen LogP contribution in [-0.2, 0) is 11.2 Å². The molecule has 1 N–H and O–H groups in total. The van der Waals surface area contributed by atoms with Crippen molar-refractivity contribution in [1.29, 1.82) is 0 Å². The standard InChI is InChI=1S/C24H27N3O3S/c1-16-14-25-23(19-8-11-31-15-19)26-24(16)27(2)9-3-10-30-20-6-7-21-17(12-20)4-5-18(21)13-22(28)29/h6-8,11-12,14-15,18H,3-5,9-10,13H2,1-2H3,(H,28,29)/t18-/m0/s1. The number of rotatable bonds is 9. The van der Waals surface area contributed by atoms with Crippen LogP contribution in [0.25, 0.3) is 11.4 Å². The zero-order valence-corrected chi connectivity index (χ0v) is 18.7. The number of thiophene rings is 1. The topological polar surface area (TPSA) is 75.5 Å². The Bertz CT molecular complexity index is 1050. The molecule has 2 heterocycles. The molecule has 0 bridgehead atoms. The van der Waals surface area contributed by atoms with Crippen LogP contribution >= 0.6 is 11.3 Å². The third-order valence-corrected chi connectivity index (χ3v) is 6.41. The normalized spacial score (nSPS) is 15.0. The molecule has 1 aliphatic rings. The van der Waals surface area contributed by atoms with E-state index in [2.05, 4.69) is 21.3 Å². The third-order valence-electron chi connectivity index (χ3n) is 5.73. The second kappa shape index (κ2) is 9.47. The summed E-state index contributed by atoms with van der Waals surface area (Å²) in [4.78, 5) is 22.4. The second-order valence-corrected chi connectivity index (χ2v) is 8.81. The highest BCUT2D eigenvalue weighted by molar-refractivity contribution is 7.08. The van der Waals surface area contributed by atoms with Gasteiger partial charge in [0.25, 0.3) is 0 Å². The van der Waals surface area contributed by atoms with Gasteiger partial charge >= 0.3 is 5.97 Å². The highest BCUT2D eigenvalue weighted by atomic mass is 32.1. The number of benzene rings is 1. The molecule has 0 amide bonds. The van der Waals surface area contributed by atoms with Gasteiger partial charge in [-0.3, -0.25) is 4.79 Å². The van der Waals surface area contributed by atoms with E-state index in [1.807, 2.05) is 43.7 Å². The summed E-state index contributed by atoms with van der Waals surface area (Å²) in [5, 5.41) is 13.2. The molecule has 0 fully saturated rings. The summed E-state index contributed by atoms with van der Waals surface area (Å²) in [5.74, 6) is 1.95. The molecule has 0 saturated carbocycles. The highest BCUT2D eigenvalue weighted by Gasteiger charge is 2.24. The van der Waals surface area contributed by atoms with Gasteiger partial charge < -0.3 is 14.7 Å². The minimum Gasteiger partial charge on any atom is -0.494 e. The lowest BCUT2D eigenvalue weighted by molar-refractivity contribution is -0.137. The molecular weight excluding hydrogens is 410 g/mol. The van der Waals surface area contributed by atoms with Crippen LogP contribution in [0.3, 0.4) is 0 Å². The van der Waals surface area contributed by atoms with Gasteiger partial charge in [0.1, 0.15) is 11.6 Å². The van der Waals surface area contributed by atoms with Crippen LogP contribution in [0.4, 0.5) is 5.82 Å². The molecule has 0 aliphatic heterocycles. The van der Waals surface area contributed by atoms with E-state index in [9.17, 15) is 4.79 Å². The van der Waals surface area contributed by atoms with E-state index in [1.54, 1.807) is 11.3 Å². The number of anilines is 1. The van der Waals surface area contributed by atoms with Crippen molar-refractivity contribution in [1.82, 2.24) is 9.97 Å². The molecule has 3 aromatic rings. The molecule has 31 heavy (non-hydrogen) atoms. The van der Waals surface area contributed by atoms with Crippen LogP contribution < -0.4 is 9.64 Å². The average Bonchev–Trinajstić information content (AvgIpc) is 3.41. The van der Waals surface area contributed by atoms with Crippen molar-refractivity contribution in [2.45, 2.75) is 38.5 Å². The maximum Gasteiger partial charge on any atom is 0.303 e. The Labute approximate surface area is 186 Å². The number of aliphatic carboxylic acids is 1. The van der Waals surface area contributed by atoms with Crippen LogP contribution in [0.1, 0.15) is 41.9 Å². The number of fused-ring (bicyclic) bond motifs is 1. The predicted octanol–water partition coefficient (Wildman–Crippen LogP) is 4.92. The first-order chi connectivity index (χ1) is 15.0. The highest BCUT2D eigenvalue weighted by Crippen LogP contribution is 2.37. The smallest absolute Gasteiger partial charge is 0.303 e. The van der Waals surface area contributed by atoms with Crippen molar-refractivity contribution < 1.29 is 14.6 Å². The maximum absolute atomic E-state index is 11.0. The Morgan fingerprint density at radius 3 is 3.00 bits per heavy atom. The van der Waals surface area contributed by atoms with Crippen LogP contribution in [0.15, 0.2) is 41.2 Å². The number of carboxylic acids is 1. The maximum atomic E-state index is 11.0. The lowest BCUT2D eigenvalue weighted by atomic mass is 9.98. The van der Waals surface area contributed by atoms with Gasteiger partial charge in [-0.05, 0) is 66.8 Å². The van der Waals surface area contributed by atoms with Crippen LogP contribution in [0, 0.1) is 6.92 Å². The van der Waals surface area contributed by atoms with Gasteiger partial charge in [-0.25, -0.2) is 9.97 Å². The molecule has 0 spiro atoms. The van der Waals surface area contributed by atoms with E-state index < -0.39 is 5.97 Å². The summed E-state index contributed by atoms with van der Waals surface area (Å²) >= 11 is 1.64. The molecule has 4 rings (SSSR count). The van der Waals surface area contributed by atoms with E-state index in [0.29, 0.717) is 6.61 Å². The van der Waals surface area contributed by atoms with Gasteiger partial charge in [0.15, 0.2) is 5.82 Å². The van der Waals surface area contributed by atoms with Gasteiger partial charge in [0.2, 0.25) is 0 Å². The summed E-state index contributed by atoms with van der Waals surface area (Å²) in [6, 6.07) is 8.11. The van der Waals surface area contributed by atoms with Crippen molar-refractivity contribution in [2.75, 3.05) is 25.1 Å². The Morgan fingerprint density at radius 2 is 2.23 bits per heavy atom. The summed E-state index contributed by atoms with van der Waals surface area (Å²) in [5.41, 5.74) is 4.48. The summed E-state index contributed by atoms with van der Waals surface area (Å²) < 4.78 is 5.97.